The fourth-order valence-electron chi connectivity index (χ4n) is 2.98. The van der Waals surface area contributed by atoms with Crippen molar-refractivity contribution in [3.63, 3.8) is 0 Å². The van der Waals surface area contributed by atoms with Crippen molar-refractivity contribution in [3.05, 3.63) is 34.1 Å². The topological polar surface area (TPSA) is 20.2 Å². The van der Waals surface area contributed by atoms with E-state index in [0.717, 1.165) is 22.9 Å². The van der Waals surface area contributed by atoms with Crippen molar-refractivity contribution >= 4 is 15.9 Å². The van der Waals surface area contributed by atoms with E-state index in [9.17, 15) is 9.50 Å². The smallest absolute Gasteiger partial charge is 0.124 e. The van der Waals surface area contributed by atoms with Crippen molar-refractivity contribution < 1.29 is 9.50 Å². The van der Waals surface area contributed by atoms with Gasteiger partial charge in [-0.2, -0.15) is 0 Å². The maximum atomic E-state index is 13.1. The minimum atomic E-state index is -0.655. The SMILES string of the molecule is CC1CCCC(O)(Cc2ccc(F)cc2Br)C1C. The van der Waals surface area contributed by atoms with E-state index in [0.29, 0.717) is 12.3 Å². The fourth-order valence-corrected chi connectivity index (χ4v) is 3.47. The van der Waals surface area contributed by atoms with E-state index in [2.05, 4.69) is 29.8 Å². The average molecular weight is 315 g/mol. The van der Waals surface area contributed by atoms with Crippen molar-refractivity contribution in [2.75, 3.05) is 0 Å². The summed E-state index contributed by atoms with van der Waals surface area (Å²) < 4.78 is 13.8. The fraction of sp³-hybridized carbons (Fsp3) is 0.600. The largest absolute Gasteiger partial charge is 0.389 e. The van der Waals surface area contributed by atoms with E-state index in [1.54, 1.807) is 6.07 Å². The van der Waals surface area contributed by atoms with Crippen LogP contribution < -0.4 is 0 Å². The van der Waals surface area contributed by atoms with Gasteiger partial charge in [-0.3, -0.25) is 0 Å². The molecule has 0 aliphatic heterocycles. The molecule has 3 heteroatoms. The number of rotatable bonds is 2. The zero-order chi connectivity index (χ0) is 13.3. The molecule has 0 amide bonds. The van der Waals surface area contributed by atoms with E-state index in [1.165, 1.54) is 18.6 Å². The van der Waals surface area contributed by atoms with Crippen molar-refractivity contribution in [1.82, 2.24) is 0 Å². The quantitative estimate of drug-likeness (QED) is 0.862. The van der Waals surface area contributed by atoms with Gasteiger partial charge in [-0.25, -0.2) is 4.39 Å². The number of halogens is 2. The lowest BCUT2D eigenvalue weighted by atomic mass is 9.68. The minimum Gasteiger partial charge on any atom is -0.389 e. The van der Waals surface area contributed by atoms with Gasteiger partial charge in [0.1, 0.15) is 5.82 Å². The van der Waals surface area contributed by atoms with Gasteiger partial charge in [0, 0.05) is 10.9 Å². The van der Waals surface area contributed by atoms with E-state index < -0.39 is 5.60 Å². The minimum absolute atomic E-state index is 0.248. The molecule has 1 aliphatic rings. The van der Waals surface area contributed by atoms with Crippen LogP contribution in [0.15, 0.2) is 22.7 Å². The molecule has 1 aliphatic carbocycles. The Morgan fingerprint density at radius 1 is 1.44 bits per heavy atom. The Morgan fingerprint density at radius 3 is 2.83 bits per heavy atom. The molecule has 3 unspecified atom stereocenters. The predicted molar refractivity (Wildman–Crippen MR) is 74.9 cm³/mol. The lowest BCUT2D eigenvalue weighted by molar-refractivity contribution is -0.0622. The van der Waals surface area contributed by atoms with Crippen LogP contribution in [0.4, 0.5) is 4.39 Å². The summed E-state index contributed by atoms with van der Waals surface area (Å²) in [6, 6.07) is 4.69. The van der Waals surface area contributed by atoms with Crippen molar-refractivity contribution in [1.29, 1.82) is 0 Å². The Balaban J connectivity index is 2.21. The van der Waals surface area contributed by atoms with Crippen LogP contribution in [0.25, 0.3) is 0 Å². The lowest BCUT2D eigenvalue weighted by Crippen LogP contribution is -2.44. The van der Waals surface area contributed by atoms with Crippen LogP contribution in [-0.4, -0.2) is 10.7 Å². The molecular weight excluding hydrogens is 295 g/mol. The maximum Gasteiger partial charge on any atom is 0.124 e. The summed E-state index contributed by atoms with van der Waals surface area (Å²) in [5.41, 5.74) is 0.331. The maximum absolute atomic E-state index is 13.1. The van der Waals surface area contributed by atoms with Gasteiger partial charge < -0.3 is 5.11 Å². The van der Waals surface area contributed by atoms with Crippen LogP contribution in [-0.2, 0) is 6.42 Å². The van der Waals surface area contributed by atoms with Crippen LogP contribution in [0.3, 0.4) is 0 Å². The standard InChI is InChI=1S/C15H20BrFO/c1-10-4-3-7-15(18,11(10)2)9-12-5-6-13(17)8-14(12)16/h5-6,8,10-11,18H,3-4,7,9H2,1-2H3. The van der Waals surface area contributed by atoms with Gasteiger partial charge >= 0.3 is 0 Å². The normalized spacial score (nSPS) is 32.5. The lowest BCUT2D eigenvalue weighted by Gasteiger charge is -2.42. The summed E-state index contributed by atoms with van der Waals surface area (Å²) in [5, 5.41) is 10.8. The summed E-state index contributed by atoms with van der Waals surface area (Å²) in [6.07, 6.45) is 3.69. The Hall–Kier alpha value is -0.410. The molecule has 1 nitrogen and oxygen atoms in total. The van der Waals surface area contributed by atoms with E-state index in [-0.39, 0.29) is 11.7 Å². The molecule has 0 aromatic heterocycles. The first kappa shape index (κ1) is 14.0. The van der Waals surface area contributed by atoms with Gasteiger partial charge in [0.05, 0.1) is 5.60 Å². The monoisotopic (exact) mass is 314 g/mol. The van der Waals surface area contributed by atoms with Crippen LogP contribution >= 0.6 is 15.9 Å². The summed E-state index contributed by atoms with van der Waals surface area (Å²) >= 11 is 3.38. The van der Waals surface area contributed by atoms with Gasteiger partial charge in [-0.15, -0.1) is 0 Å². The van der Waals surface area contributed by atoms with Crippen LogP contribution in [0, 0.1) is 17.7 Å². The first-order valence-electron chi connectivity index (χ1n) is 6.59. The molecular formula is C15H20BrFO. The highest BCUT2D eigenvalue weighted by Crippen LogP contribution is 2.40. The molecule has 0 spiro atoms. The summed E-state index contributed by atoms with van der Waals surface area (Å²) in [7, 11) is 0. The average Bonchev–Trinajstić information content (AvgIpc) is 2.30. The second-order valence-electron chi connectivity index (χ2n) is 5.67. The highest BCUT2D eigenvalue weighted by molar-refractivity contribution is 9.10. The first-order chi connectivity index (χ1) is 8.42. The summed E-state index contributed by atoms with van der Waals surface area (Å²) in [6.45, 7) is 4.33. The van der Waals surface area contributed by atoms with Gasteiger partial charge in [0.25, 0.3) is 0 Å². The predicted octanol–water partition coefficient (Wildman–Crippen LogP) is 4.32. The number of hydrogen-bond donors (Lipinski definition) is 1. The van der Waals surface area contributed by atoms with E-state index in [4.69, 9.17) is 0 Å². The molecule has 3 atom stereocenters. The van der Waals surface area contributed by atoms with Gasteiger partial charge in [-0.05, 0) is 36.0 Å². The Morgan fingerprint density at radius 2 is 2.17 bits per heavy atom. The summed E-state index contributed by atoms with van der Waals surface area (Å²) in [5.74, 6) is 0.578. The van der Waals surface area contributed by atoms with Crippen molar-refractivity contribution in [3.8, 4) is 0 Å². The Bertz CT molecular complexity index is 435. The molecule has 18 heavy (non-hydrogen) atoms. The third-order valence-corrected chi connectivity index (χ3v) is 5.22. The molecule has 0 bridgehead atoms. The molecule has 0 radical (unpaired) electrons. The van der Waals surface area contributed by atoms with Gasteiger partial charge in [0.2, 0.25) is 0 Å². The number of hydrogen-bond acceptors (Lipinski definition) is 1. The van der Waals surface area contributed by atoms with E-state index >= 15 is 0 Å². The molecule has 100 valence electrons. The zero-order valence-corrected chi connectivity index (χ0v) is 12.5. The molecule has 1 fully saturated rings. The molecule has 1 saturated carbocycles. The van der Waals surface area contributed by atoms with Crippen molar-refractivity contribution in [2.24, 2.45) is 11.8 Å². The van der Waals surface area contributed by atoms with E-state index in [1.807, 2.05) is 0 Å². The highest BCUT2D eigenvalue weighted by Gasteiger charge is 2.39. The van der Waals surface area contributed by atoms with Gasteiger partial charge in [0.15, 0.2) is 0 Å². The van der Waals surface area contributed by atoms with Crippen LogP contribution in [0.2, 0.25) is 0 Å². The Labute approximate surface area is 117 Å². The highest BCUT2D eigenvalue weighted by atomic mass is 79.9. The second kappa shape index (κ2) is 5.30. The third-order valence-electron chi connectivity index (χ3n) is 4.48. The molecule has 0 heterocycles. The molecule has 1 N–H and O–H groups in total. The second-order valence-corrected chi connectivity index (χ2v) is 6.53. The number of benzene rings is 1. The first-order valence-corrected chi connectivity index (χ1v) is 7.38. The zero-order valence-electron chi connectivity index (χ0n) is 10.9. The van der Waals surface area contributed by atoms with Crippen molar-refractivity contribution in [2.45, 2.75) is 45.1 Å². The molecule has 0 saturated heterocycles. The Kier molecular flexibility index (Phi) is 4.12. The molecule has 1 aromatic carbocycles. The summed E-state index contributed by atoms with van der Waals surface area (Å²) in [4.78, 5) is 0. The van der Waals surface area contributed by atoms with Gasteiger partial charge in [-0.1, -0.05) is 48.7 Å². The molecule has 1 aromatic rings. The van der Waals surface area contributed by atoms with Crippen LogP contribution in [0.5, 0.6) is 0 Å². The van der Waals surface area contributed by atoms with Crippen LogP contribution in [0.1, 0.15) is 38.7 Å². The third kappa shape index (κ3) is 2.77. The number of aliphatic hydroxyl groups is 1. The molecule has 2 rings (SSSR count).